The molecule has 156 valence electrons. The first kappa shape index (κ1) is 24.2. The Kier molecular flexibility index (Phi) is 9.55. The fourth-order valence-electron chi connectivity index (χ4n) is 4.50. The van der Waals surface area contributed by atoms with E-state index in [2.05, 4.69) is 34.7 Å². The Morgan fingerprint density at radius 3 is 2.26 bits per heavy atom. The van der Waals surface area contributed by atoms with E-state index in [-0.39, 0.29) is 36.3 Å². The first-order valence-corrected chi connectivity index (χ1v) is 9.76. The van der Waals surface area contributed by atoms with Crippen molar-refractivity contribution in [3.8, 4) is 0 Å². The van der Waals surface area contributed by atoms with Crippen LogP contribution in [0.4, 0.5) is 0 Å². The number of hydrogen-bond donors (Lipinski definition) is 2. The summed E-state index contributed by atoms with van der Waals surface area (Å²) in [5.41, 5.74) is -0.461. The van der Waals surface area contributed by atoms with Crippen LogP contribution in [0.25, 0.3) is 0 Å². The highest BCUT2D eigenvalue weighted by atomic mass is 35.5. The third-order valence-electron chi connectivity index (χ3n) is 6.36. The summed E-state index contributed by atoms with van der Waals surface area (Å²) >= 11 is 0. The topological polar surface area (TPSA) is 62.2 Å². The SMILES string of the molecule is CN(C)C1(CNC(=O)C2(n3cccn3)CCNCC2)CCCCCC1.Cl.Cl. The molecule has 0 bridgehead atoms. The van der Waals surface area contributed by atoms with Crippen molar-refractivity contribution in [3.63, 3.8) is 0 Å². The molecular weight excluding hydrogens is 385 g/mol. The van der Waals surface area contributed by atoms with E-state index in [4.69, 9.17) is 0 Å². The summed E-state index contributed by atoms with van der Waals surface area (Å²) in [5, 5.41) is 11.1. The molecule has 1 aromatic heterocycles. The molecule has 2 heterocycles. The molecule has 0 unspecified atom stereocenters. The minimum absolute atomic E-state index is 0. The monoisotopic (exact) mass is 419 g/mol. The van der Waals surface area contributed by atoms with Crippen molar-refractivity contribution >= 4 is 30.7 Å². The summed E-state index contributed by atoms with van der Waals surface area (Å²) in [7, 11) is 4.32. The van der Waals surface area contributed by atoms with Crippen LogP contribution in [-0.2, 0) is 10.3 Å². The number of hydrogen-bond acceptors (Lipinski definition) is 4. The van der Waals surface area contributed by atoms with Gasteiger partial charge in [-0.1, -0.05) is 25.7 Å². The second-order valence-corrected chi connectivity index (χ2v) is 7.95. The maximum atomic E-state index is 13.3. The average Bonchev–Trinajstić information content (AvgIpc) is 3.06. The molecule has 0 spiro atoms. The van der Waals surface area contributed by atoms with Gasteiger partial charge in [-0.3, -0.25) is 9.48 Å². The number of piperidine rings is 1. The van der Waals surface area contributed by atoms with Crippen LogP contribution in [-0.4, -0.2) is 59.9 Å². The van der Waals surface area contributed by atoms with Gasteiger partial charge in [0.05, 0.1) is 0 Å². The third-order valence-corrected chi connectivity index (χ3v) is 6.36. The summed E-state index contributed by atoms with van der Waals surface area (Å²) in [6.45, 7) is 2.44. The number of nitrogens with one attached hydrogen (secondary N) is 2. The molecule has 27 heavy (non-hydrogen) atoms. The minimum atomic E-state index is -0.549. The second kappa shape index (κ2) is 10.6. The van der Waals surface area contributed by atoms with Crippen LogP contribution in [0.1, 0.15) is 51.4 Å². The van der Waals surface area contributed by atoms with E-state index in [1.165, 1.54) is 25.7 Å². The lowest BCUT2D eigenvalue weighted by Crippen LogP contribution is -2.59. The Morgan fingerprint density at radius 1 is 1.11 bits per heavy atom. The van der Waals surface area contributed by atoms with Gasteiger partial charge in [-0.25, -0.2) is 0 Å². The highest BCUT2D eigenvalue weighted by Crippen LogP contribution is 2.32. The standard InChI is InChI=1S/C19H33N5O.2ClH/c1-23(2)18(8-5-3-4-6-9-18)16-21-17(25)19(10-13-20-14-11-19)24-15-7-12-22-24;;/h7,12,15,20H,3-6,8-11,13-14,16H2,1-2H3,(H,21,25);2*1H. The molecule has 0 radical (unpaired) electrons. The van der Waals surface area contributed by atoms with E-state index in [1.807, 2.05) is 16.9 Å². The lowest BCUT2D eigenvalue weighted by Gasteiger charge is -2.42. The van der Waals surface area contributed by atoms with Crippen molar-refractivity contribution in [1.29, 1.82) is 0 Å². The number of halogens is 2. The molecular formula is C19H35Cl2N5O. The van der Waals surface area contributed by atoms with Gasteiger partial charge in [-0.05, 0) is 58.9 Å². The minimum Gasteiger partial charge on any atom is -0.352 e. The number of carbonyl (C=O) groups excluding carboxylic acids is 1. The van der Waals surface area contributed by atoms with Gasteiger partial charge in [0.25, 0.3) is 0 Å². The highest BCUT2D eigenvalue weighted by Gasteiger charge is 2.43. The van der Waals surface area contributed by atoms with Gasteiger partial charge < -0.3 is 15.5 Å². The Morgan fingerprint density at radius 2 is 1.74 bits per heavy atom. The number of aromatic nitrogens is 2. The summed E-state index contributed by atoms with van der Waals surface area (Å²) in [4.78, 5) is 15.6. The van der Waals surface area contributed by atoms with E-state index in [9.17, 15) is 4.79 Å². The molecule has 2 N–H and O–H groups in total. The van der Waals surface area contributed by atoms with Crippen molar-refractivity contribution in [3.05, 3.63) is 18.5 Å². The van der Waals surface area contributed by atoms with Gasteiger partial charge in [0.2, 0.25) is 5.91 Å². The van der Waals surface area contributed by atoms with Crippen LogP contribution in [0.5, 0.6) is 0 Å². The maximum absolute atomic E-state index is 13.3. The normalized spacial score (nSPS) is 21.4. The number of rotatable bonds is 5. The molecule has 1 saturated carbocycles. The van der Waals surface area contributed by atoms with Crippen molar-refractivity contribution in [2.45, 2.75) is 62.4 Å². The first-order chi connectivity index (χ1) is 12.1. The van der Waals surface area contributed by atoms with Crippen LogP contribution >= 0.6 is 24.8 Å². The molecule has 1 amide bonds. The smallest absolute Gasteiger partial charge is 0.248 e. The van der Waals surface area contributed by atoms with Crippen LogP contribution in [0.2, 0.25) is 0 Å². The Bertz CT molecular complexity index is 550. The van der Waals surface area contributed by atoms with Gasteiger partial charge in [0.1, 0.15) is 5.54 Å². The van der Waals surface area contributed by atoms with Crippen LogP contribution in [0.3, 0.4) is 0 Å². The van der Waals surface area contributed by atoms with E-state index >= 15 is 0 Å². The van der Waals surface area contributed by atoms with Crippen LogP contribution in [0.15, 0.2) is 18.5 Å². The molecule has 1 aliphatic carbocycles. The van der Waals surface area contributed by atoms with Gasteiger partial charge in [-0.2, -0.15) is 5.10 Å². The molecule has 1 saturated heterocycles. The largest absolute Gasteiger partial charge is 0.352 e. The van der Waals surface area contributed by atoms with E-state index < -0.39 is 5.54 Å². The summed E-state index contributed by atoms with van der Waals surface area (Å²) in [5.74, 6) is 0.128. The zero-order valence-electron chi connectivity index (χ0n) is 16.6. The molecule has 0 aromatic carbocycles. The zero-order valence-corrected chi connectivity index (χ0v) is 18.2. The maximum Gasteiger partial charge on any atom is 0.248 e. The Hall–Kier alpha value is -0.820. The van der Waals surface area contributed by atoms with Crippen molar-refractivity contribution in [2.75, 3.05) is 33.7 Å². The lowest BCUT2D eigenvalue weighted by molar-refractivity contribution is -0.132. The zero-order chi connectivity index (χ0) is 17.8. The summed E-state index contributed by atoms with van der Waals surface area (Å²) in [6, 6.07) is 1.91. The van der Waals surface area contributed by atoms with Crippen molar-refractivity contribution in [2.24, 2.45) is 0 Å². The predicted molar refractivity (Wildman–Crippen MR) is 114 cm³/mol. The van der Waals surface area contributed by atoms with E-state index in [0.717, 1.165) is 45.3 Å². The van der Waals surface area contributed by atoms with Gasteiger partial charge in [-0.15, -0.1) is 24.8 Å². The summed E-state index contributed by atoms with van der Waals surface area (Å²) in [6.07, 6.45) is 12.7. The average molecular weight is 420 g/mol. The van der Waals surface area contributed by atoms with Gasteiger partial charge in [0.15, 0.2) is 0 Å². The Labute approximate surface area is 175 Å². The second-order valence-electron chi connectivity index (χ2n) is 7.95. The summed E-state index contributed by atoms with van der Waals surface area (Å²) < 4.78 is 1.87. The fourth-order valence-corrected chi connectivity index (χ4v) is 4.50. The molecule has 6 nitrogen and oxygen atoms in total. The highest BCUT2D eigenvalue weighted by molar-refractivity contribution is 5.85. The third kappa shape index (κ3) is 5.17. The Balaban J connectivity index is 0.00000182. The predicted octanol–water partition coefficient (Wildman–Crippen LogP) is 2.58. The number of nitrogens with zero attached hydrogens (tertiary/aromatic N) is 3. The molecule has 2 aliphatic rings. The molecule has 1 aromatic rings. The lowest BCUT2D eigenvalue weighted by atomic mass is 9.85. The molecule has 1 aliphatic heterocycles. The molecule has 8 heteroatoms. The van der Waals surface area contributed by atoms with E-state index in [0.29, 0.717) is 0 Å². The number of carbonyl (C=O) groups is 1. The van der Waals surface area contributed by atoms with Crippen molar-refractivity contribution < 1.29 is 4.79 Å². The molecule has 3 rings (SSSR count). The van der Waals surface area contributed by atoms with Gasteiger partial charge in [0, 0.05) is 24.5 Å². The first-order valence-electron chi connectivity index (χ1n) is 9.76. The fraction of sp³-hybridized carbons (Fsp3) is 0.789. The molecule has 0 atom stereocenters. The molecule has 2 fully saturated rings. The number of amides is 1. The van der Waals surface area contributed by atoms with Crippen molar-refractivity contribution in [1.82, 2.24) is 25.3 Å². The number of likely N-dealkylation sites (N-methyl/N-ethyl adjacent to an activating group) is 1. The van der Waals surface area contributed by atoms with Crippen LogP contribution in [0, 0.1) is 0 Å². The van der Waals surface area contributed by atoms with Gasteiger partial charge >= 0.3 is 0 Å². The quantitative estimate of drug-likeness (QED) is 0.719. The van der Waals surface area contributed by atoms with Crippen LogP contribution < -0.4 is 10.6 Å². The van der Waals surface area contributed by atoms with E-state index in [1.54, 1.807) is 6.20 Å².